The van der Waals surface area contributed by atoms with Crippen molar-refractivity contribution in [1.29, 1.82) is 0 Å². The molecule has 2 rings (SSSR count). The first-order chi connectivity index (χ1) is 8.54. The SMILES string of the molecule is COCCCn1cc(C(C)(C)C)c2ccccc21. The van der Waals surface area contributed by atoms with Crippen molar-refractivity contribution < 1.29 is 4.74 Å². The average molecular weight is 245 g/mol. The molecule has 98 valence electrons. The number of methoxy groups -OCH3 is 1. The molecule has 0 N–H and O–H groups in total. The highest BCUT2D eigenvalue weighted by Crippen LogP contribution is 2.31. The first-order valence-corrected chi connectivity index (χ1v) is 6.61. The lowest BCUT2D eigenvalue weighted by Crippen LogP contribution is -2.10. The molecule has 0 aliphatic carbocycles. The van der Waals surface area contributed by atoms with Gasteiger partial charge in [0.1, 0.15) is 0 Å². The van der Waals surface area contributed by atoms with Crippen LogP contribution < -0.4 is 0 Å². The molecular weight excluding hydrogens is 222 g/mol. The lowest BCUT2D eigenvalue weighted by atomic mass is 9.87. The van der Waals surface area contributed by atoms with Crippen molar-refractivity contribution in [2.75, 3.05) is 13.7 Å². The number of rotatable bonds is 4. The summed E-state index contributed by atoms with van der Waals surface area (Å²) >= 11 is 0. The van der Waals surface area contributed by atoms with Crippen LogP contribution in [0.4, 0.5) is 0 Å². The average Bonchev–Trinajstić information content (AvgIpc) is 2.69. The minimum absolute atomic E-state index is 0.187. The van der Waals surface area contributed by atoms with Gasteiger partial charge in [-0.1, -0.05) is 39.0 Å². The number of para-hydroxylation sites is 1. The summed E-state index contributed by atoms with van der Waals surface area (Å²) in [5.41, 5.74) is 2.94. The van der Waals surface area contributed by atoms with Crippen molar-refractivity contribution in [3.8, 4) is 0 Å². The molecule has 0 saturated carbocycles. The van der Waals surface area contributed by atoms with Gasteiger partial charge >= 0.3 is 0 Å². The maximum atomic E-state index is 5.14. The Morgan fingerprint density at radius 2 is 1.89 bits per heavy atom. The van der Waals surface area contributed by atoms with E-state index in [1.165, 1.54) is 16.5 Å². The van der Waals surface area contributed by atoms with E-state index in [0.717, 1.165) is 19.6 Å². The van der Waals surface area contributed by atoms with E-state index in [-0.39, 0.29) is 5.41 Å². The predicted octanol–water partition coefficient (Wildman–Crippen LogP) is 3.98. The predicted molar refractivity (Wildman–Crippen MR) is 77.1 cm³/mol. The third kappa shape index (κ3) is 2.59. The molecule has 0 aliphatic rings. The summed E-state index contributed by atoms with van der Waals surface area (Å²) < 4.78 is 7.49. The lowest BCUT2D eigenvalue weighted by molar-refractivity contribution is 0.190. The number of aryl methyl sites for hydroxylation is 1. The highest BCUT2D eigenvalue weighted by Gasteiger charge is 2.19. The largest absolute Gasteiger partial charge is 0.385 e. The van der Waals surface area contributed by atoms with Crippen molar-refractivity contribution in [2.24, 2.45) is 0 Å². The number of aromatic nitrogens is 1. The molecule has 2 nitrogen and oxygen atoms in total. The molecule has 1 aromatic carbocycles. The van der Waals surface area contributed by atoms with Gasteiger partial charge in [0, 0.05) is 37.4 Å². The fourth-order valence-electron chi connectivity index (χ4n) is 2.41. The number of fused-ring (bicyclic) bond motifs is 1. The number of hydrogen-bond acceptors (Lipinski definition) is 1. The van der Waals surface area contributed by atoms with Crippen molar-refractivity contribution >= 4 is 10.9 Å². The molecule has 2 heteroatoms. The van der Waals surface area contributed by atoms with Gasteiger partial charge in [0.25, 0.3) is 0 Å². The molecule has 0 aliphatic heterocycles. The van der Waals surface area contributed by atoms with Gasteiger partial charge in [-0.15, -0.1) is 0 Å². The first-order valence-electron chi connectivity index (χ1n) is 6.61. The molecule has 0 unspecified atom stereocenters. The van der Waals surface area contributed by atoms with Gasteiger partial charge in [0.05, 0.1) is 0 Å². The molecule has 0 bridgehead atoms. The van der Waals surface area contributed by atoms with Crippen molar-refractivity contribution in [1.82, 2.24) is 4.57 Å². The van der Waals surface area contributed by atoms with Gasteiger partial charge in [-0.25, -0.2) is 0 Å². The molecule has 0 amide bonds. The number of benzene rings is 1. The Kier molecular flexibility index (Phi) is 3.76. The van der Waals surface area contributed by atoms with E-state index in [2.05, 4.69) is 55.8 Å². The standard InChI is InChI=1S/C16H23NO/c1-16(2,3)14-12-17(10-7-11-18-4)15-9-6-5-8-13(14)15/h5-6,8-9,12H,7,10-11H2,1-4H3. The smallest absolute Gasteiger partial charge is 0.0483 e. The molecule has 0 fully saturated rings. The third-order valence-corrected chi connectivity index (χ3v) is 3.34. The molecule has 0 spiro atoms. The molecule has 18 heavy (non-hydrogen) atoms. The summed E-state index contributed by atoms with van der Waals surface area (Å²) in [7, 11) is 1.76. The van der Waals surface area contributed by atoms with Crippen LogP contribution in [0.3, 0.4) is 0 Å². The van der Waals surface area contributed by atoms with Gasteiger partial charge in [-0.2, -0.15) is 0 Å². The van der Waals surface area contributed by atoms with Crippen LogP contribution in [0.25, 0.3) is 10.9 Å². The third-order valence-electron chi connectivity index (χ3n) is 3.34. The maximum absolute atomic E-state index is 5.14. The monoisotopic (exact) mass is 245 g/mol. The summed E-state index contributed by atoms with van der Waals surface area (Å²) in [6.45, 7) is 8.65. The van der Waals surface area contributed by atoms with E-state index >= 15 is 0 Å². The van der Waals surface area contributed by atoms with Crippen LogP contribution in [0.15, 0.2) is 30.5 Å². The van der Waals surface area contributed by atoms with E-state index in [9.17, 15) is 0 Å². The van der Waals surface area contributed by atoms with Crippen molar-refractivity contribution in [3.05, 3.63) is 36.0 Å². The minimum Gasteiger partial charge on any atom is -0.385 e. The number of ether oxygens (including phenoxy) is 1. The van der Waals surface area contributed by atoms with E-state index in [1.54, 1.807) is 7.11 Å². The molecule has 1 heterocycles. The summed E-state index contributed by atoms with van der Waals surface area (Å²) in [5.74, 6) is 0. The van der Waals surface area contributed by atoms with Gasteiger partial charge < -0.3 is 9.30 Å². The zero-order valence-electron chi connectivity index (χ0n) is 11.9. The maximum Gasteiger partial charge on any atom is 0.0483 e. The second-order valence-electron chi connectivity index (χ2n) is 5.85. The second kappa shape index (κ2) is 5.15. The summed E-state index contributed by atoms with van der Waals surface area (Å²) in [4.78, 5) is 0. The minimum atomic E-state index is 0.187. The molecular formula is C16H23NO. The highest BCUT2D eigenvalue weighted by molar-refractivity contribution is 5.85. The normalized spacial score (nSPS) is 12.2. The van der Waals surface area contributed by atoms with Crippen LogP contribution in [0.1, 0.15) is 32.8 Å². The quantitative estimate of drug-likeness (QED) is 0.743. The van der Waals surface area contributed by atoms with Crippen LogP contribution in [0, 0.1) is 0 Å². The lowest BCUT2D eigenvalue weighted by Gasteiger charge is -2.17. The second-order valence-corrected chi connectivity index (χ2v) is 5.85. The van der Waals surface area contributed by atoms with Crippen molar-refractivity contribution in [2.45, 2.75) is 39.2 Å². The van der Waals surface area contributed by atoms with E-state index in [4.69, 9.17) is 4.74 Å². The van der Waals surface area contributed by atoms with E-state index < -0.39 is 0 Å². The number of hydrogen-bond donors (Lipinski definition) is 0. The summed E-state index contributed by atoms with van der Waals surface area (Å²) in [6, 6.07) is 8.67. The zero-order valence-corrected chi connectivity index (χ0v) is 11.9. The van der Waals surface area contributed by atoms with Crippen molar-refractivity contribution in [3.63, 3.8) is 0 Å². The molecule has 2 aromatic rings. The van der Waals surface area contributed by atoms with Crippen LogP contribution >= 0.6 is 0 Å². The Bertz CT molecular complexity index is 519. The van der Waals surface area contributed by atoms with Gasteiger partial charge in [0.2, 0.25) is 0 Å². The van der Waals surface area contributed by atoms with Crippen LogP contribution in [-0.2, 0) is 16.7 Å². The first kappa shape index (κ1) is 13.2. The fraction of sp³-hybridized carbons (Fsp3) is 0.500. The van der Waals surface area contributed by atoms with E-state index in [0.29, 0.717) is 0 Å². The molecule has 0 atom stereocenters. The molecule has 1 aromatic heterocycles. The van der Waals surface area contributed by atoms with Gasteiger partial charge in [0.15, 0.2) is 0 Å². The molecule has 0 saturated heterocycles. The summed E-state index contributed by atoms with van der Waals surface area (Å²) in [6.07, 6.45) is 3.36. The number of nitrogens with zero attached hydrogens (tertiary/aromatic N) is 1. The Hall–Kier alpha value is -1.28. The van der Waals surface area contributed by atoms with Crippen LogP contribution in [-0.4, -0.2) is 18.3 Å². The van der Waals surface area contributed by atoms with Crippen LogP contribution in [0.5, 0.6) is 0 Å². The Balaban J connectivity index is 2.41. The Labute approximate surface area is 110 Å². The van der Waals surface area contributed by atoms with Gasteiger partial charge in [-0.05, 0) is 23.5 Å². The highest BCUT2D eigenvalue weighted by atomic mass is 16.5. The van der Waals surface area contributed by atoms with Crippen LogP contribution in [0.2, 0.25) is 0 Å². The Morgan fingerprint density at radius 1 is 1.17 bits per heavy atom. The Morgan fingerprint density at radius 3 is 2.56 bits per heavy atom. The fourth-order valence-corrected chi connectivity index (χ4v) is 2.41. The zero-order chi connectivity index (χ0) is 13.2. The summed E-state index contributed by atoms with van der Waals surface area (Å²) in [5, 5.41) is 1.38. The van der Waals surface area contributed by atoms with E-state index in [1.807, 2.05) is 0 Å². The topological polar surface area (TPSA) is 14.2 Å². The molecule has 0 radical (unpaired) electrons. The van der Waals surface area contributed by atoms with Gasteiger partial charge in [-0.3, -0.25) is 0 Å².